The lowest BCUT2D eigenvalue weighted by atomic mass is 10.1. The zero-order chi connectivity index (χ0) is 13.1. The van der Waals surface area contributed by atoms with Gasteiger partial charge in [-0.1, -0.05) is 61.9 Å². The molecule has 0 aromatic heterocycles. The smallest absolute Gasteiger partial charge is 0.150 e. The predicted octanol–water partition coefficient (Wildman–Crippen LogP) is 4.18. The molecule has 0 fully saturated rings. The van der Waals surface area contributed by atoms with Gasteiger partial charge in [0.1, 0.15) is 0 Å². The van der Waals surface area contributed by atoms with Crippen LogP contribution < -0.4 is 0 Å². The van der Waals surface area contributed by atoms with Crippen molar-refractivity contribution < 1.29 is 8.42 Å². The van der Waals surface area contributed by atoms with Gasteiger partial charge in [0.2, 0.25) is 0 Å². The Labute approximate surface area is 116 Å². The molecule has 0 aromatic carbocycles. The Morgan fingerprint density at radius 2 is 1.35 bits per heavy atom. The fraction of sp³-hybridized carbons (Fsp3) is 1.00. The molecular formula is C13H27BrO2S. The first-order valence-electron chi connectivity index (χ1n) is 6.74. The van der Waals surface area contributed by atoms with E-state index in [0.29, 0.717) is 11.5 Å². The molecule has 104 valence electrons. The van der Waals surface area contributed by atoms with Gasteiger partial charge in [-0.2, -0.15) is 0 Å². The zero-order valence-electron chi connectivity index (χ0n) is 11.3. The topological polar surface area (TPSA) is 34.1 Å². The molecule has 0 aromatic rings. The summed E-state index contributed by atoms with van der Waals surface area (Å²) < 4.78 is 23.2. The van der Waals surface area contributed by atoms with Crippen molar-refractivity contribution in [3.8, 4) is 0 Å². The van der Waals surface area contributed by atoms with Crippen molar-refractivity contribution in [1.29, 1.82) is 0 Å². The molecule has 0 spiro atoms. The Bertz CT molecular complexity index is 261. The average molecular weight is 327 g/mol. The third-order valence-corrected chi connectivity index (χ3v) is 5.32. The van der Waals surface area contributed by atoms with E-state index in [-0.39, 0.29) is 5.92 Å². The normalized spacial score (nSPS) is 12.2. The van der Waals surface area contributed by atoms with Crippen molar-refractivity contribution in [2.75, 3.05) is 16.8 Å². The van der Waals surface area contributed by atoms with Crippen LogP contribution in [0.25, 0.3) is 0 Å². The van der Waals surface area contributed by atoms with Crippen LogP contribution in [-0.2, 0) is 9.84 Å². The van der Waals surface area contributed by atoms with E-state index >= 15 is 0 Å². The molecule has 2 nitrogen and oxygen atoms in total. The first-order chi connectivity index (χ1) is 7.98. The van der Waals surface area contributed by atoms with Crippen LogP contribution in [0.15, 0.2) is 0 Å². The van der Waals surface area contributed by atoms with Crippen molar-refractivity contribution >= 4 is 25.8 Å². The van der Waals surface area contributed by atoms with Crippen LogP contribution in [0.3, 0.4) is 0 Å². The summed E-state index contributed by atoms with van der Waals surface area (Å²) in [7, 11) is -2.79. The van der Waals surface area contributed by atoms with E-state index in [1.807, 2.05) is 13.8 Å². The van der Waals surface area contributed by atoms with Gasteiger partial charge in [-0.05, 0) is 18.8 Å². The molecule has 0 heterocycles. The molecule has 0 saturated carbocycles. The van der Waals surface area contributed by atoms with Crippen LogP contribution in [0.5, 0.6) is 0 Å². The van der Waals surface area contributed by atoms with Crippen LogP contribution in [0.1, 0.15) is 58.8 Å². The molecule has 4 heteroatoms. The summed E-state index contributed by atoms with van der Waals surface area (Å²) in [6, 6.07) is 0. The second kappa shape index (κ2) is 10.4. The quantitative estimate of drug-likeness (QED) is 0.421. The summed E-state index contributed by atoms with van der Waals surface area (Å²) in [5.41, 5.74) is 0. The predicted molar refractivity (Wildman–Crippen MR) is 79.6 cm³/mol. The number of hydrogen-bond donors (Lipinski definition) is 0. The summed E-state index contributed by atoms with van der Waals surface area (Å²) >= 11 is 3.42. The van der Waals surface area contributed by atoms with Crippen LogP contribution in [-0.4, -0.2) is 25.3 Å². The average Bonchev–Trinajstić information content (AvgIpc) is 2.20. The zero-order valence-corrected chi connectivity index (χ0v) is 13.7. The lowest BCUT2D eigenvalue weighted by Crippen LogP contribution is -2.15. The number of unbranched alkanes of at least 4 members (excludes halogenated alkanes) is 6. The second-order valence-corrected chi connectivity index (χ2v) is 8.19. The van der Waals surface area contributed by atoms with Gasteiger partial charge in [0.25, 0.3) is 0 Å². The molecule has 0 bridgehead atoms. The van der Waals surface area contributed by atoms with Gasteiger partial charge in [-0.25, -0.2) is 8.42 Å². The number of rotatable bonds is 11. The lowest BCUT2D eigenvalue weighted by molar-refractivity contribution is 0.570. The Morgan fingerprint density at radius 1 is 0.882 bits per heavy atom. The summed E-state index contributed by atoms with van der Waals surface area (Å²) in [6.45, 7) is 3.92. The van der Waals surface area contributed by atoms with Gasteiger partial charge in [-0.15, -0.1) is 0 Å². The molecule has 0 unspecified atom stereocenters. The summed E-state index contributed by atoms with van der Waals surface area (Å²) in [5.74, 6) is 0.981. The fourth-order valence-corrected chi connectivity index (χ4v) is 4.11. The molecule has 0 aliphatic rings. The minimum atomic E-state index is -2.79. The molecule has 0 amide bonds. The van der Waals surface area contributed by atoms with Crippen LogP contribution >= 0.6 is 15.9 Å². The van der Waals surface area contributed by atoms with Gasteiger partial charge in [0, 0.05) is 5.33 Å². The largest absolute Gasteiger partial charge is 0.229 e. The highest BCUT2D eigenvalue weighted by molar-refractivity contribution is 9.09. The standard InChI is InChI=1S/C13H27BrO2S/c1-13(2)12-17(15,16)11-9-7-5-3-4-6-8-10-14/h13H,3-12H2,1-2H3. The van der Waals surface area contributed by atoms with E-state index in [1.54, 1.807) is 0 Å². The molecule has 0 rings (SSSR count). The van der Waals surface area contributed by atoms with Gasteiger partial charge >= 0.3 is 0 Å². The molecule has 0 atom stereocenters. The Hall–Kier alpha value is 0.430. The second-order valence-electron chi connectivity index (χ2n) is 5.17. The highest BCUT2D eigenvalue weighted by atomic mass is 79.9. The minimum Gasteiger partial charge on any atom is -0.229 e. The summed E-state index contributed by atoms with van der Waals surface area (Å²) in [6.07, 6.45) is 8.15. The Kier molecular flexibility index (Phi) is 10.6. The maximum atomic E-state index is 11.6. The summed E-state index contributed by atoms with van der Waals surface area (Å²) in [4.78, 5) is 0. The molecule has 0 N–H and O–H groups in total. The molecule has 0 saturated heterocycles. The van der Waals surface area contributed by atoms with E-state index in [9.17, 15) is 8.42 Å². The molecular weight excluding hydrogens is 300 g/mol. The maximum Gasteiger partial charge on any atom is 0.150 e. The van der Waals surface area contributed by atoms with Crippen LogP contribution in [0, 0.1) is 5.92 Å². The van der Waals surface area contributed by atoms with Gasteiger partial charge in [0.15, 0.2) is 9.84 Å². The van der Waals surface area contributed by atoms with Crippen molar-refractivity contribution in [2.45, 2.75) is 58.8 Å². The molecule has 17 heavy (non-hydrogen) atoms. The number of alkyl halides is 1. The SMILES string of the molecule is CC(C)CS(=O)(=O)CCCCCCCCCBr. The third kappa shape index (κ3) is 12.7. The van der Waals surface area contributed by atoms with Gasteiger partial charge in [-0.3, -0.25) is 0 Å². The monoisotopic (exact) mass is 326 g/mol. The Morgan fingerprint density at radius 3 is 1.82 bits per heavy atom. The maximum absolute atomic E-state index is 11.6. The number of halogens is 1. The van der Waals surface area contributed by atoms with Crippen molar-refractivity contribution in [3.05, 3.63) is 0 Å². The highest BCUT2D eigenvalue weighted by Gasteiger charge is 2.12. The molecule has 0 aliphatic carbocycles. The Balaban J connectivity index is 3.39. The number of sulfone groups is 1. The van der Waals surface area contributed by atoms with Crippen LogP contribution in [0.4, 0.5) is 0 Å². The summed E-state index contributed by atoms with van der Waals surface area (Å²) in [5, 5.41) is 1.10. The van der Waals surface area contributed by atoms with E-state index in [0.717, 1.165) is 18.2 Å². The van der Waals surface area contributed by atoms with Crippen LogP contribution in [0.2, 0.25) is 0 Å². The molecule has 0 aliphatic heterocycles. The van der Waals surface area contributed by atoms with Crippen molar-refractivity contribution in [1.82, 2.24) is 0 Å². The minimum absolute atomic E-state index is 0.254. The first-order valence-corrected chi connectivity index (χ1v) is 9.68. The third-order valence-electron chi connectivity index (χ3n) is 2.68. The lowest BCUT2D eigenvalue weighted by Gasteiger charge is -2.06. The first kappa shape index (κ1) is 17.4. The van der Waals surface area contributed by atoms with E-state index in [1.165, 1.54) is 32.1 Å². The van der Waals surface area contributed by atoms with E-state index < -0.39 is 9.84 Å². The van der Waals surface area contributed by atoms with E-state index in [4.69, 9.17) is 0 Å². The van der Waals surface area contributed by atoms with Crippen molar-refractivity contribution in [2.24, 2.45) is 5.92 Å². The highest BCUT2D eigenvalue weighted by Crippen LogP contribution is 2.10. The fourth-order valence-electron chi connectivity index (χ4n) is 1.89. The van der Waals surface area contributed by atoms with Crippen molar-refractivity contribution in [3.63, 3.8) is 0 Å². The van der Waals surface area contributed by atoms with Gasteiger partial charge in [0.05, 0.1) is 11.5 Å². The molecule has 0 radical (unpaired) electrons. The number of hydrogen-bond acceptors (Lipinski definition) is 2. The van der Waals surface area contributed by atoms with E-state index in [2.05, 4.69) is 15.9 Å². The van der Waals surface area contributed by atoms with Gasteiger partial charge < -0.3 is 0 Å².